The number of halogens is 1. The van der Waals surface area contributed by atoms with E-state index in [0.29, 0.717) is 0 Å². The van der Waals surface area contributed by atoms with E-state index in [1.807, 2.05) is 0 Å². The van der Waals surface area contributed by atoms with Crippen molar-refractivity contribution in [1.29, 1.82) is 0 Å². The van der Waals surface area contributed by atoms with Crippen LogP contribution in [0, 0.1) is 16.4 Å². The van der Waals surface area contributed by atoms with Crippen LogP contribution in [0.4, 0.5) is 0 Å². The lowest BCUT2D eigenvalue weighted by Gasteiger charge is -2.10. The molecule has 0 nitrogen and oxygen atoms in total. The lowest BCUT2D eigenvalue weighted by atomic mass is 9.98. The highest BCUT2D eigenvalue weighted by Gasteiger charge is 2.04. The van der Waals surface area contributed by atoms with Gasteiger partial charge in [0.2, 0.25) is 0 Å². The molecule has 0 aromatic heterocycles. The Morgan fingerprint density at radius 2 is 2.08 bits per heavy atom. The second-order valence-electron chi connectivity index (χ2n) is 3.81. The van der Waals surface area contributed by atoms with Crippen molar-refractivity contribution in [2.24, 2.45) is 5.92 Å². The molecule has 0 fully saturated rings. The van der Waals surface area contributed by atoms with Crippen molar-refractivity contribution in [2.75, 3.05) is 0 Å². The van der Waals surface area contributed by atoms with Crippen LogP contribution in [-0.4, -0.2) is 0 Å². The third-order valence-corrected chi connectivity index (χ3v) is 3.52. The second kappa shape index (κ2) is 4.99. The van der Waals surface area contributed by atoms with Gasteiger partial charge in [-0.2, -0.15) is 0 Å². The van der Waals surface area contributed by atoms with Crippen molar-refractivity contribution in [2.45, 2.75) is 33.6 Å². The van der Waals surface area contributed by atoms with E-state index in [1.165, 1.54) is 27.5 Å². The zero-order valence-corrected chi connectivity index (χ0v) is 10.8. The van der Waals surface area contributed by atoms with Gasteiger partial charge in [0.05, 0.1) is 0 Å². The predicted octanol–water partition coefficient (Wildman–Crippen LogP) is 4.19. The van der Waals surface area contributed by atoms with Crippen LogP contribution in [-0.2, 0) is 6.42 Å². The van der Waals surface area contributed by atoms with Crippen molar-refractivity contribution in [3.05, 3.63) is 32.9 Å². The minimum Gasteiger partial charge on any atom is -0.0651 e. The van der Waals surface area contributed by atoms with Gasteiger partial charge in [-0.1, -0.05) is 38.0 Å². The van der Waals surface area contributed by atoms with E-state index in [4.69, 9.17) is 0 Å². The van der Waals surface area contributed by atoms with Gasteiger partial charge in [-0.25, -0.2) is 0 Å². The maximum absolute atomic E-state index is 2.43. The lowest BCUT2D eigenvalue weighted by molar-refractivity contribution is 0.559. The molecule has 72 valence electrons. The van der Waals surface area contributed by atoms with Gasteiger partial charge in [-0.05, 0) is 53.5 Å². The molecule has 1 atom stereocenters. The molecule has 1 rings (SSSR count). The Bertz CT molecular complexity index is 278. The first-order chi connectivity index (χ1) is 6.13. The molecule has 0 heterocycles. The van der Waals surface area contributed by atoms with E-state index >= 15 is 0 Å². The van der Waals surface area contributed by atoms with Gasteiger partial charge in [0, 0.05) is 3.57 Å². The van der Waals surface area contributed by atoms with E-state index in [2.05, 4.69) is 61.6 Å². The van der Waals surface area contributed by atoms with Crippen molar-refractivity contribution in [1.82, 2.24) is 0 Å². The highest BCUT2D eigenvalue weighted by atomic mass is 127. The molecule has 1 aromatic carbocycles. The first-order valence-corrected chi connectivity index (χ1v) is 5.96. The Labute approximate surface area is 94.9 Å². The molecule has 1 aromatic rings. The summed E-state index contributed by atoms with van der Waals surface area (Å²) in [5.74, 6) is 0.801. The average Bonchev–Trinajstić information content (AvgIpc) is 2.11. The quantitative estimate of drug-likeness (QED) is 0.732. The minimum atomic E-state index is 0.801. The van der Waals surface area contributed by atoms with Crippen molar-refractivity contribution < 1.29 is 0 Å². The average molecular weight is 288 g/mol. The first-order valence-electron chi connectivity index (χ1n) is 4.88. The summed E-state index contributed by atoms with van der Waals surface area (Å²) in [4.78, 5) is 0. The largest absolute Gasteiger partial charge is 0.0651 e. The summed E-state index contributed by atoms with van der Waals surface area (Å²) in [5, 5.41) is 0. The lowest BCUT2D eigenvalue weighted by Crippen LogP contribution is -2.00. The van der Waals surface area contributed by atoms with Crippen LogP contribution in [0.5, 0.6) is 0 Å². The summed E-state index contributed by atoms with van der Waals surface area (Å²) in [5.41, 5.74) is 2.88. The van der Waals surface area contributed by atoms with Crippen LogP contribution >= 0.6 is 22.6 Å². The maximum Gasteiger partial charge on any atom is 0.0162 e. The van der Waals surface area contributed by atoms with Gasteiger partial charge in [0.1, 0.15) is 0 Å². The molecule has 1 heteroatoms. The molecular formula is C12H17I. The van der Waals surface area contributed by atoms with Gasteiger partial charge >= 0.3 is 0 Å². The molecule has 0 bridgehead atoms. The molecule has 0 aliphatic heterocycles. The van der Waals surface area contributed by atoms with Crippen LogP contribution in [0.2, 0.25) is 0 Å². The molecular weight excluding hydrogens is 271 g/mol. The Morgan fingerprint density at radius 1 is 1.38 bits per heavy atom. The maximum atomic E-state index is 2.43. The summed E-state index contributed by atoms with van der Waals surface area (Å²) < 4.78 is 1.41. The van der Waals surface area contributed by atoms with E-state index in [0.717, 1.165) is 5.92 Å². The van der Waals surface area contributed by atoms with Crippen LogP contribution in [0.1, 0.15) is 31.4 Å². The van der Waals surface area contributed by atoms with Crippen LogP contribution < -0.4 is 0 Å². The third-order valence-electron chi connectivity index (χ3n) is 2.47. The summed E-state index contributed by atoms with van der Waals surface area (Å²) in [7, 11) is 0. The molecule has 0 unspecified atom stereocenters. The fraction of sp³-hybridized carbons (Fsp3) is 0.500. The van der Waals surface area contributed by atoms with E-state index in [1.54, 1.807) is 0 Å². The van der Waals surface area contributed by atoms with Crippen LogP contribution in [0.15, 0.2) is 18.2 Å². The SMILES string of the molecule is CC[C@@H](C)Cc1cc(C)ccc1I. The second-order valence-corrected chi connectivity index (χ2v) is 4.97. The van der Waals surface area contributed by atoms with Crippen LogP contribution in [0.25, 0.3) is 0 Å². The number of aryl methyl sites for hydroxylation is 1. The van der Waals surface area contributed by atoms with Crippen molar-refractivity contribution in [3.8, 4) is 0 Å². The van der Waals surface area contributed by atoms with Crippen LogP contribution in [0.3, 0.4) is 0 Å². The third kappa shape index (κ3) is 3.29. The van der Waals surface area contributed by atoms with E-state index in [-0.39, 0.29) is 0 Å². The summed E-state index contributed by atoms with van der Waals surface area (Å²) in [6, 6.07) is 6.71. The van der Waals surface area contributed by atoms with E-state index < -0.39 is 0 Å². The molecule has 0 saturated heterocycles. The van der Waals surface area contributed by atoms with Crippen molar-refractivity contribution >= 4 is 22.6 Å². The zero-order valence-electron chi connectivity index (χ0n) is 8.60. The molecule has 0 radical (unpaired) electrons. The first kappa shape index (κ1) is 11.0. The van der Waals surface area contributed by atoms with Gasteiger partial charge in [-0.15, -0.1) is 0 Å². The molecule has 0 spiro atoms. The highest BCUT2D eigenvalue weighted by molar-refractivity contribution is 14.1. The number of hydrogen-bond acceptors (Lipinski definition) is 0. The fourth-order valence-electron chi connectivity index (χ4n) is 1.38. The number of hydrogen-bond donors (Lipinski definition) is 0. The Balaban J connectivity index is 2.81. The predicted molar refractivity (Wildman–Crippen MR) is 67.1 cm³/mol. The highest BCUT2D eigenvalue weighted by Crippen LogP contribution is 2.19. The molecule has 0 N–H and O–H groups in total. The van der Waals surface area contributed by atoms with E-state index in [9.17, 15) is 0 Å². The summed E-state index contributed by atoms with van der Waals surface area (Å²) >= 11 is 2.43. The van der Waals surface area contributed by atoms with Gasteiger partial charge in [0.15, 0.2) is 0 Å². The van der Waals surface area contributed by atoms with Crippen molar-refractivity contribution in [3.63, 3.8) is 0 Å². The minimum absolute atomic E-state index is 0.801. The number of rotatable bonds is 3. The fourth-order valence-corrected chi connectivity index (χ4v) is 1.94. The topological polar surface area (TPSA) is 0 Å². The molecule has 0 aliphatic carbocycles. The summed E-state index contributed by atoms with van der Waals surface area (Å²) in [6.45, 7) is 6.74. The molecule has 0 saturated carbocycles. The number of benzene rings is 1. The Hall–Kier alpha value is -0.0500. The van der Waals surface area contributed by atoms with Gasteiger partial charge in [0.25, 0.3) is 0 Å². The molecule has 13 heavy (non-hydrogen) atoms. The standard InChI is InChI=1S/C12H17I/c1-4-9(2)7-11-8-10(3)5-6-12(11)13/h5-6,8-9H,4,7H2,1-3H3/t9-/m1/s1. The van der Waals surface area contributed by atoms with Gasteiger partial charge < -0.3 is 0 Å². The normalized spacial score (nSPS) is 12.9. The smallest absolute Gasteiger partial charge is 0.0162 e. The monoisotopic (exact) mass is 288 g/mol. The molecule has 0 aliphatic rings. The van der Waals surface area contributed by atoms with Gasteiger partial charge in [-0.3, -0.25) is 0 Å². The Morgan fingerprint density at radius 3 is 2.69 bits per heavy atom. The zero-order chi connectivity index (χ0) is 9.84. The Kier molecular flexibility index (Phi) is 4.23. The summed E-state index contributed by atoms with van der Waals surface area (Å²) in [6.07, 6.45) is 2.49. The molecule has 0 amide bonds.